The largest absolute Gasteiger partial charge is 0.488 e. The molecule has 0 saturated heterocycles. The number of nitrogens with one attached hydrogen (secondary N) is 1. The normalized spacial score (nSPS) is 13.5. The molecule has 0 spiro atoms. The van der Waals surface area contributed by atoms with Gasteiger partial charge >= 0.3 is 0 Å². The van der Waals surface area contributed by atoms with E-state index in [9.17, 15) is 0 Å². The van der Waals surface area contributed by atoms with E-state index in [-0.39, 0.29) is 12.1 Å². The van der Waals surface area contributed by atoms with Crippen molar-refractivity contribution >= 4 is 21.9 Å². The molecule has 0 radical (unpaired) electrons. The second kappa shape index (κ2) is 7.26. The van der Waals surface area contributed by atoms with Crippen molar-refractivity contribution in [2.75, 3.05) is 6.54 Å². The van der Waals surface area contributed by atoms with Gasteiger partial charge in [-0.25, -0.2) is 4.99 Å². The smallest absolute Gasteiger partial charge is 0.188 e. The number of hydrogen-bond acceptors (Lipinski definition) is 2. The summed E-state index contributed by atoms with van der Waals surface area (Å²) in [5, 5.41) is 3.04. The molecule has 4 nitrogen and oxygen atoms in total. The summed E-state index contributed by atoms with van der Waals surface area (Å²) in [6, 6.07) is 8.03. The lowest BCUT2D eigenvalue weighted by Gasteiger charge is -2.15. The molecule has 0 amide bonds. The van der Waals surface area contributed by atoms with Crippen LogP contribution >= 0.6 is 15.9 Å². The van der Waals surface area contributed by atoms with Crippen LogP contribution in [0.1, 0.15) is 20.8 Å². The van der Waals surface area contributed by atoms with Crippen molar-refractivity contribution in [3.8, 4) is 5.75 Å². The molecule has 0 aliphatic carbocycles. The Kier molecular flexibility index (Phi) is 5.98. The Labute approximate surface area is 117 Å². The third-order valence-electron chi connectivity index (χ3n) is 2.12. The van der Waals surface area contributed by atoms with Crippen LogP contribution in [0.2, 0.25) is 0 Å². The van der Waals surface area contributed by atoms with Crippen molar-refractivity contribution in [2.45, 2.75) is 32.9 Å². The molecule has 100 valence electrons. The van der Waals surface area contributed by atoms with Crippen LogP contribution in [0.3, 0.4) is 0 Å². The lowest BCUT2D eigenvalue weighted by atomic mass is 10.3. The van der Waals surface area contributed by atoms with Crippen molar-refractivity contribution < 1.29 is 4.74 Å². The minimum Gasteiger partial charge on any atom is -0.488 e. The van der Waals surface area contributed by atoms with Gasteiger partial charge in [-0.1, -0.05) is 12.1 Å². The number of aliphatic imine (C=N–C) groups is 1. The zero-order valence-electron chi connectivity index (χ0n) is 11.0. The van der Waals surface area contributed by atoms with Gasteiger partial charge in [-0.05, 0) is 48.8 Å². The van der Waals surface area contributed by atoms with Crippen molar-refractivity contribution in [1.82, 2.24) is 5.32 Å². The Bertz CT molecular complexity index is 407. The van der Waals surface area contributed by atoms with Gasteiger partial charge in [0.1, 0.15) is 11.9 Å². The first-order valence-corrected chi connectivity index (χ1v) is 6.76. The van der Waals surface area contributed by atoms with Gasteiger partial charge in [0.2, 0.25) is 0 Å². The van der Waals surface area contributed by atoms with Gasteiger partial charge in [0.15, 0.2) is 5.96 Å². The number of hydrogen-bond donors (Lipinski definition) is 2. The molecule has 0 heterocycles. The summed E-state index contributed by atoms with van der Waals surface area (Å²) < 4.78 is 6.70. The fourth-order valence-electron chi connectivity index (χ4n) is 1.36. The van der Waals surface area contributed by atoms with Gasteiger partial charge in [-0.2, -0.15) is 0 Å². The predicted molar refractivity (Wildman–Crippen MR) is 79.0 cm³/mol. The van der Waals surface area contributed by atoms with E-state index in [1.54, 1.807) is 0 Å². The second-order valence-corrected chi connectivity index (χ2v) is 5.24. The van der Waals surface area contributed by atoms with Gasteiger partial charge in [-0.3, -0.25) is 0 Å². The Morgan fingerprint density at radius 1 is 1.39 bits per heavy atom. The molecule has 1 unspecified atom stereocenters. The molecule has 5 heteroatoms. The van der Waals surface area contributed by atoms with Crippen molar-refractivity contribution in [1.29, 1.82) is 0 Å². The molecule has 0 aromatic heterocycles. The van der Waals surface area contributed by atoms with E-state index in [4.69, 9.17) is 10.5 Å². The van der Waals surface area contributed by atoms with E-state index in [0.29, 0.717) is 12.5 Å². The molecule has 0 aliphatic rings. The van der Waals surface area contributed by atoms with E-state index in [1.165, 1.54) is 0 Å². The van der Waals surface area contributed by atoms with Crippen LogP contribution in [0.4, 0.5) is 0 Å². The number of para-hydroxylation sites is 1. The number of rotatable bonds is 5. The number of guanidine groups is 1. The van der Waals surface area contributed by atoms with Crippen LogP contribution in [0.25, 0.3) is 0 Å². The molecule has 3 N–H and O–H groups in total. The standard InChI is InChI=1S/C13H20BrN3O/c1-9(2)17-13(15)16-8-10(3)18-12-7-5-4-6-11(12)14/h4-7,9-10H,8H2,1-3H3,(H3,15,16,17). The molecule has 0 fully saturated rings. The zero-order chi connectivity index (χ0) is 13.5. The van der Waals surface area contributed by atoms with Crippen LogP contribution in [0.15, 0.2) is 33.7 Å². The lowest BCUT2D eigenvalue weighted by molar-refractivity contribution is 0.229. The lowest BCUT2D eigenvalue weighted by Crippen LogP contribution is -2.37. The third-order valence-corrected chi connectivity index (χ3v) is 2.78. The van der Waals surface area contributed by atoms with Crippen molar-refractivity contribution in [3.63, 3.8) is 0 Å². The van der Waals surface area contributed by atoms with E-state index >= 15 is 0 Å². The van der Waals surface area contributed by atoms with Crippen LogP contribution in [0, 0.1) is 0 Å². The molecular formula is C13H20BrN3O. The summed E-state index contributed by atoms with van der Waals surface area (Å²) >= 11 is 3.44. The fourth-order valence-corrected chi connectivity index (χ4v) is 1.74. The number of benzene rings is 1. The minimum absolute atomic E-state index is 0.0313. The van der Waals surface area contributed by atoms with Crippen LogP contribution in [-0.4, -0.2) is 24.7 Å². The number of ether oxygens (including phenoxy) is 1. The van der Waals surface area contributed by atoms with Gasteiger partial charge < -0.3 is 15.8 Å². The summed E-state index contributed by atoms with van der Waals surface area (Å²) in [6.07, 6.45) is -0.0313. The van der Waals surface area contributed by atoms with E-state index in [2.05, 4.69) is 26.2 Å². The van der Waals surface area contributed by atoms with Gasteiger partial charge in [0, 0.05) is 6.04 Å². The SMILES string of the molecule is CC(C)NC(N)=NCC(C)Oc1ccccc1Br. The molecular weight excluding hydrogens is 294 g/mol. The van der Waals surface area contributed by atoms with Crippen LogP contribution in [-0.2, 0) is 0 Å². The first-order chi connectivity index (χ1) is 8.49. The molecule has 1 atom stereocenters. The number of halogens is 1. The summed E-state index contributed by atoms with van der Waals surface area (Å²) in [4.78, 5) is 4.23. The fraction of sp³-hybridized carbons (Fsp3) is 0.462. The number of nitrogens with zero attached hydrogens (tertiary/aromatic N) is 1. The first-order valence-electron chi connectivity index (χ1n) is 5.96. The van der Waals surface area contributed by atoms with Crippen LogP contribution < -0.4 is 15.8 Å². The average molecular weight is 314 g/mol. The first kappa shape index (κ1) is 14.8. The number of nitrogens with two attached hydrogens (primary N) is 1. The van der Waals surface area contributed by atoms with Crippen molar-refractivity contribution in [3.05, 3.63) is 28.7 Å². The third kappa shape index (κ3) is 5.40. The summed E-state index contributed by atoms with van der Waals surface area (Å²) in [5.41, 5.74) is 5.72. The van der Waals surface area contributed by atoms with E-state index < -0.39 is 0 Å². The second-order valence-electron chi connectivity index (χ2n) is 4.38. The molecule has 0 saturated carbocycles. The van der Waals surface area contributed by atoms with Gasteiger partial charge in [0.05, 0.1) is 11.0 Å². The predicted octanol–water partition coefficient (Wildman–Crippen LogP) is 2.53. The highest BCUT2D eigenvalue weighted by molar-refractivity contribution is 9.10. The van der Waals surface area contributed by atoms with Crippen molar-refractivity contribution in [2.24, 2.45) is 10.7 Å². The zero-order valence-corrected chi connectivity index (χ0v) is 12.6. The highest BCUT2D eigenvalue weighted by Gasteiger charge is 2.06. The van der Waals surface area contributed by atoms with E-state index in [0.717, 1.165) is 10.2 Å². The Balaban J connectivity index is 2.47. The molecule has 0 aliphatic heterocycles. The summed E-state index contributed by atoms with van der Waals surface area (Å²) in [7, 11) is 0. The molecule has 18 heavy (non-hydrogen) atoms. The van der Waals surface area contributed by atoms with Gasteiger partial charge in [-0.15, -0.1) is 0 Å². The monoisotopic (exact) mass is 313 g/mol. The average Bonchev–Trinajstić information content (AvgIpc) is 2.29. The van der Waals surface area contributed by atoms with E-state index in [1.807, 2.05) is 45.0 Å². The molecule has 1 aromatic rings. The molecule has 1 rings (SSSR count). The highest BCUT2D eigenvalue weighted by Crippen LogP contribution is 2.24. The molecule has 0 bridgehead atoms. The highest BCUT2D eigenvalue weighted by atomic mass is 79.9. The Morgan fingerprint density at radius 3 is 2.67 bits per heavy atom. The minimum atomic E-state index is -0.0313. The quantitative estimate of drug-likeness (QED) is 0.648. The maximum Gasteiger partial charge on any atom is 0.188 e. The maximum atomic E-state index is 5.76. The topological polar surface area (TPSA) is 59.6 Å². The molecule has 1 aromatic carbocycles. The Morgan fingerprint density at radius 2 is 2.06 bits per heavy atom. The van der Waals surface area contributed by atoms with Crippen LogP contribution in [0.5, 0.6) is 5.75 Å². The Hall–Kier alpha value is -1.23. The maximum absolute atomic E-state index is 5.76. The summed E-state index contributed by atoms with van der Waals surface area (Å²) in [5.74, 6) is 1.27. The summed E-state index contributed by atoms with van der Waals surface area (Å²) in [6.45, 7) is 6.52. The van der Waals surface area contributed by atoms with Gasteiger partial charge in [0.25, 0.3) is 0 Å².